The van der Waals surface area contributed by atoms with Crippen LogP contribution in [0.15, 0.2) is 10.9 Å². The number of rotatable bonds is 1. The Bertz CT molecular complexity index is 699. The van der Waals surface area contributed by atoms with Crippen molar-refractivity contribution in [3.63, 3.8) is 0 Å². The van der Waals surface area contributed by atoms with Crippen molar-refractivity contribution in [2.24, 2.45) is 5.92 Å². The average Bonchev–Trinajstić information content (AvgIpc) is 2.83. The summed E-state index contributed by atoms with van der Waals surface area (Å²) in [4.78, 5) is 32.7. The minimum absolute atomic E-state index is 0.0189. The van der Waals surface area contributed by atoms with Crippen LogP contribution < -0.4 is 5.56 Å². The second-order valence-electron chi connectivity index (χ2n) is 7.46. The van der Waals surface area contributed by atoms with Gasteiger partial charge in [0, 0.05) is 31.2 Å². The molecule has 2 fully saturated rings. The number of pyridine rings is 1. The first kappa shape index (κ1) is 15.8. The van der Waals surface area contributed by atoms with Crippen molar-refractivity contribution in [3.05, 3.63) is 33.2 Å². The first-order chi connectivity index (χ1) is 11.6. The first-order valence-electron chi connectivity index (χ1n) is 8.94. The highest BCUT2D eigenvalue weighted by molar-refractivity contribution is 5.94. The molecule has 0 aromatic carbocycles. The van der Waals surface area contributed by atoms with Gasteiger partial charge in [0.25, 0.3) is 11.5 Å². The van der Waals surface area contributed by atoms with Gasteiger partial charge in [-0.1, -0.05) is 0 Å². The Hall–Kier alpha value is -1.66. The summed E-state index contributed by atoms with van der Waals surface area (Å²) >= 11 is 0. The van der Waals surface area contributed by atoms with E-state index in [1.54, 1.807) is 0 Å². The topological polar surface area (TPSA) is 65.6 Å². The number of H-pyrrole nitrogens is 1. The molecule has 3 heterocycles. The van der Waals surface area contributed by atoms with Gasteiger partial charge in [0.05, 0.1) is 19.3 Å². The molecular formula is C18H25N3O3. The lowest BCUT2D eigenvalue weighted by atomic mass is 9.94. The van der Waals surface area contributed by atoms with Gasteiger partial charge in [0.15, 0.2) is 0 Å². The van der Waals surface area contributed by atoms with E-state index in [-0.39, 0.29) is 17.5 Å². The lowest BCUT2D eigenvalue weighted by molar-refractivity contribution is 0.0482. The average molecular weight is 331 g/mol. The fraction of sp³-hybridized carbons (Fsp3) is 0.667. The van der Waals surface area contributed by atoms with Crippen molar-refractivity contribution < 1.29 is 9.53 Å². The van der Waals surface area contributed by atoms with Gasteiger partial charge in [-0.15, -0.1) is 0 Å². The number of aromatic nitrogens is 1. The molecule has 0 saturated carbocycles. The normalized spacial score (nSPS) is 27.5. The molecule has 1 aliphatic carbocycles. The van der Waals surface area contributed by atoms with Gasteiger partial charge in [-0.25, -0.2) is 0 Å². The van der Waals surface area contributed by atoms with Crippen molar-refractivity contribution in [2.45, 2.75) is 31.7 Å². The number of fused-ring (bicyclic) bond motifs is 4. The molecule has 6 heteroatoms. The number of hydrogen-bond acceptors (Lipinski definition) is 4. The van der Waals surface area contributed by atoms with Gasteiger partial charge in [0.1, 0.15) is 5.56 Å². The molecule has 2 bridgehead atoms. The summed E-state index contributed by atoms with van der Waals surface area (Å²) in [6.07, 6.45) is 4.09. The Morgan fingerprint density at radius 1 is 1.21 bits per heavy atom. The van der Waals surface area contributed by atoms with Crippen LogP contribution in [0.1, 0.15) is 34.5 Å². The van der Waals surface area contributed by atoms with E-state index in [1.807, 2.05) is 11.0 Å². The Morgan fingerprint density at radius 3 is 2.92 bits per heavy atom. The molecule has 2 saturated heterocycles. The number of carbonyl (C=O) groups excluding carboxylic acids is 1. The summed E-state index contributed by atoms with van der Waals surface area (Å²) in [6, 6.07) is 1.86. The number of ether oxygens (including phenoxy) is 1. The van der Waals surface area contributed by atoms with E-state index in [4.69, 9.17) is 4.74 Å². The van der Waals surface area contributed by atoms with Gasteiger partial charge < -0.3 is 19.5 Å². The molecule has 2 aliphatic heterocycles. The Balaban J connectivity index is 1.67. The number of aryl methyl sites for hydroxylation is 2. The van der Waals surface area contributed by atoms with E-state index in [9.17, 15) is 9.59 Å². The fourth-order valence-electron chi connectivity index (χ4n) is 4.31. The van der Waals surface area contributed by atoms with Crippen LogP contribution in [-0.4, -0.2) is 66.6 Å². The molecule has 1 aromatic rings. The molecule has 0 unspecified atom stereocenters. The third-order valence-corrected chi connectivity index (χ3v) is 5.48. The number of carbonyl (C=O) groups is 1. The molecule has 6 nitrogen and oxygen atoms in total. The third-order valence-electron chi connectivity index (χ3n) is 5.48. The monoisotopic (exact) mass is 331 g/mol. The van der Waals surface area contributed by atoms with Gasteiger partial charge in [-0.2, -0.15) is 0 Å². The SMILES string of the molecule is CN1C[C@@H]2COC[C@H](C1)N(C(=O)c1cc3c([nH]c1=O)CCCC3)C2. The van der Waals surface area contributed by atoms with Gasteiger partial charge in [-0.05, 0) is 44.4 Å². The number of amides is 1. The second kappa shape index (κ2) is 6.33. The van der Waals surface area contributed by atoms with Crippen molar-refractivity contribution in [1.29, 1.82) is 0 Å². The van der Waals surface area contributed by atoms with Crippen molar-refractivity contribution in [3.8, 4) is 0 Å². The lowest BCUT2D eigenvalue weighted by Gasteiger charge is -2.29. The second-order valence-corrected chi connectivity index (χ2v) is 7.46. The van der Waals surface area contributed by atoms with Crippen LogP contribution in [0.2, 0.25) is 0 Å². The largest absolute Gasteiger partial charge is 0.379 e. The summed E-state index contributed by atoms with van der Waals surface area (Å²) in [6.45, 7) is 3.64. The van der Waals surface area contributed by atoms with Crippen LogP contribution in [0.25, 0.3) is 0 Å². The zero-order valence-corrected chi connectivity index (χ0v) is 14.2. The molecule has 24 heavy (non-hydrogen) atoms. The van der Waals surface area contributed by atoms with E-state index in [0.717, 1.165) is 50.0 Å². The van der Waals surface area contributed by atoms with E-state index < -0.39 is 0 Å². The Labute approximate surface area is 141 Å². The maximum atomic E-state index is 13.1. The van der Waals surface area contributed by atoms with Gasteiger partial charge in [0.2, 0.25) is 0 Å². The van der Waals surface area contributed by atoms with E-state index in [1.165, 1.54) is 0 Å². The maximum Gasteiger partial charge on any atom is 0.261 e. The molecule has 130 valence electrons. The number of nitrogens with one attached hydrogen (secondary N) is 1. The molecule has 1 N–H and O–H groups in total. The van der Waals surface area contributed by atoms with Crippen LogP contribution in [0, 0.1) is 5.92 Å². The standard InChI is InChI=1S/C18H25N3O3/c1-20-7-12-8-21(14(9-20)11-24-10-12)18(23)15-6-13-4-2-3-5-16(13)19-17(15)22/h6,12,14H,2-5,7-11H2,1H3,(H,19,22)/t12-,14-/m0/s1. The number of aromatic amines is 1. The zero-order chi connectivity index (χ0) is 16.7. The number of likely N-dealkylation sites (N-methyl/N-ethyl adjacent to an activating group) is 1. The van der Waals surface area contributed by atoms with Gasteiger partial charge in [-0.3, -0.25) is 9.59 Å². The summed E-state index contributed by atoms with van der Waals surface area (Å²) < 4.78 is 5.74. The molecular weight excluding hydrogens is 306 g/mol. The zero-order valence-electron chi connectivity index (χ0n) is 14.2. The maximum absolute atomic E-state index is 13.1. The molecule has 1 aromatic heterocycles. The van der Waals surface area contributed by atoms with Crippen LogP contribution >= 0.6 is 0 Å². The quantitative estimate of drug-likeness (QED) is 0.821. The molecule has 1 amide bonds. The van der Waals surface area contributed by atoms with Gasteiger partial charge >= 0.3 is 0 Å². The molecule has 2 atom stereocenters. The van der Waals surface area contributed by atoms with Crippen molar-refractivity contribution in [1.82, 2.24) is 14.8 Å². The fourth-order valence-corrected chi connectivity index (χ4v) is 4.31. The van der Waals surface area contributed by atoms with Crippen LogP contribution in [-0.2, 0) is 17.6 Å². The van der Waals surface area contributed by atoms with E-state index >= 15 is 0 Å². The van der Waals surface area contributed by atoms with Crippen molar-refractivity contribution >= 4 is 5.91 Å². The van der Waals surface area contributed by atoms with Crippen LogP contribution in [0.4, 0.5) is 0 Å². The Morgan fingerprint density at radius 2 is 2.04 bits per heavy atom. The first-order valence-corrected chi connectivity index (χ1v) is 8.94. The summed E-state index contributed by atoms with van der Waals surface area (Å²) in [7, 11) is 2.09. The van der Waals surface area contributed by atoms with E-state index in [2.05, 4.69) is 16.9 Å². The van der Waals surface area contributed by atoms with Crippen molar-refractivity contribution in [2.75, 3.05) is 39.9 Å². The smallest absolute Gasteiger partial charge is 0.261 e. The number of hydrogen-bond donors (Lipinski definition) is 1. The van der Waals surface area contributed by atoms with E-state index in [0.29, 0.717) is 31.2 Å². The summed E-state index contributed by atoms with van der Waals surface area (Å²) in [5.41, 5.74) is 2.20. The molecule has 0 spiro atoms. The highest BCUT2D eigenvalue weighted by Crippen LogP contribution is 2.22. The van der Waals surface area contributed by atoms with Crippen LogP contribution in [0.3, 0.4) is 0 Å². The number of nitrogens with zero attached hydrogens (tertiary/aromatic N) is 2. The highest BCUT2D eigenvalue weighted by Gasteiger charge is 2.36. The van der Waals surface area contributed by atoms with Crippen LogP contribution in [0.5, 0.6) is 0 Å². The summed E-state index contributed by atoms with van der Waals surface area (Å²) in [5.74, 6) is 0.170. The Kier molecular flexibility index (Phi) is 4.18. The predicted octanol–water partition coefficient (Wildman–Crippen LogP) is 0.656. The lowest BCUT2D eigenvalue weighted by Crippen LogP contribution is -2.47. The molecule has 4 rings (SSSR count). The minimum atomic E-state index is -0.242. The third kappa shape index (κ3) is 2.89. The molecule has 0 radical (unpaired) electrons. The highest BCUT2D eigenvalue weighted by atomic mass is 16.5. The summed E-state index contributed by atoms with van der Waals surface area (Å²) in [5, 5.41) is 0. The minimum Gasteiger partial charge on any atom is -0.379 e. The predicted molar refractivity (Wildman–Crippen MR) is 90.3 cm³/mol. The molecule has 3 aliphatic rings.